The molecule has 0 saturated heterocycles. The third kappa shape index (κ3) is 12.7. The summed E-state index contributed by atoms with van der Waals surface area (Å²) in [4.78, 5) is 73.2. The van der Waals surface area contributed by atoms with Crippen LogP contribution in [0.1, 0.15) is 36.1 Å². The van der Waals surface area contributed by atoms with Crippen molar-refractivity contribution >= 4 is 47.3 Å². The van der Waals surface area contributed by atoms with Gasteiger partial charge in [0, 0.05) is 35.7 Å². The van der Waals surface area contributed by atoms with Gasteiger partial charge in [0.25, 0.3) is 0 Å². The average molecular weight is 841 g/mol. The van der Waals surface area contributed by atoms with E-state index in [1.54, 1.807) is 0 Å². The molecule has 0 aliphatic heterocycles. The number of amides is 4. The molecule has 0 radical (unpaired) electrons. The minimum absolute atomic E-state index is 0.0172. The Morgan fingerprint density at radius 2 is 0.814 bits per heavy atom. The first-order chi connectivity index (χ1) is 27.3. The molecule has 0 heterocycles. The van der Waals surface area contributed by atoms with E-state index in [0.717, 1.165) is 36.4 Å². The van der Waals surface area contributed by atoms with E-state index in [4.69, 9.17) is 18.9 Å². The number of nitrogens with one attached hydrogen (secondary N) is 4. The van der Waals surface area contributed by atoms with E-state index >= 15 is 26.3 Å². The maximum Gasteiger partial charge on any atom is 0.411 e. The smallest absolute Gasteiger partial charge is 0.411 e. The van der Waals surface area contributed by atoms with E-state index in [9.17, 15) is 28.8 Å². The zero-order chi connectivity index (χ0) is 45.0. The lowest BCUT2D eigenvalue weighted by molar-refractivity contribution is -0.288. The lowest BCUT2D eigenvalue weighted by atomic mass is 9.72. The molecule has 59 heavy (non-hydrogen) atoms. The van der Waals surface area contributed by atoms with E-state index in [0.29, 0.717) is 24.3 Å². The molecule has 2 aromatic carbocycles. The number of anilines is 2. The summed E-state index contributed by atoms with van der Waals surface area (Å²) in [6.45, 7) is 15.6. The molecule has 2 aromatic rings. The topological polar surface area (TPSA) is 187 Å². The Labute approximate surface area is 334 Å². The molecule has 4 amide bonds. The molecule has 14 nitrogen and oxygen atoms in total. The molecule has 0 atom stereocenters. The van der Waals surface area contributed by atoms with Crippen molar-refractivity contribution in [2.45, 2.75) is 56.5 Å². The lowest BCUT2D eigenvalue weighted by Crippen LogP contribution is -2.55. The molecule has 0 unspecified atom stereocenters. The maximum atomic E-state index is 15.3. The van der Waals surface area contributed by atoms with Gasteiger partial charge in [-0.1, -0.05) is 50.6 Å². The Morgan fingerprint density at radius 3 is 1.05 bits per heavy atom. The highest BCUT2D eigenvalue weighted by atomic mass is 19.4. The van der Waals surface area contributed by atoms with Crippen LogP contribution in [0.25, 0.3) is 0 Å². The summed E-state index contributed by atoms with van der Waals surface area (Å²) in [5.41, 5.74) is -11.9. The number of urea groups is 2. The summed E-state index contributed by atoms with van der Waals surface area (Å²) < 4.78 is 112. The molecule has 0 aliphatic carbocycles. The lowest BCUT2D eigenvalue weighted by Gasteiger charge is -2.39. The number of ether oxygens (including phenoxy) is 4. The first-order valence-corrected chi connectivity index (χ1v) is 17.0. The van der Waals surface area contributed by atoms with Gasteiger partial charge in [-0.3, -0.25) is 0 Å². The summed E-state index contributed by atoms with van der Waals surface area (Å²) in [6, 6.07) is 1.51. The van der Waals surface area contributed by atoms with Gasteiger partial charge in [0.05, 0.1) is 0 Å². The monoisotopic (exact) mass is 840 g/mol. The number of alkyl halides is 6. The predicted molar refractivity (Wildman–Crippen MR) is 201 cm³/mol. The Bertz CT molecular complexity index is 1790. The highest BCUT2D eigenvalue weighted by Crippen LogP contribution is 2.57. The molecule has 20 heteroatoms. The summed E-state index contributed by atoms with van der Waals surface area (Å²) in [6.07, 6.45) is -9.02. The number of aryl methyl sites for hydroxylation is 2. The van der Waals surface area contributed by atoms with Crippen molar-refractivity contribution in [1.82, 2.24) is 10.6 Å². The van der Waals surface area contributed by atoms with E-state index in [2.05, 4.69) is 47.6 Å². The number of hydrogen-bond donors (Lipinski definition) is 4. The maximum absolute atomic E-state index is 15.3. The van der Waals surface area contributed by atoms with Crippen molar-refractivity contribution in [1.29, 1.82) is 0 Å². The van der Waals surface area contributed by atoms with Crippen LogP contribution in [0.2, 0.25) is 0 Å². The van der Waals surface area contributed by atoms with Crippen LogP contribution in [0, 0.1) is 13.8 Å². The van der Waals surface area contributed by atoms with Crippen molar-refractivity contribution in [2.75, 3.05) is 37.1 Å². The van der Waals surface area contributed by atoms with Gasteiger partial charge < -0.3 is 40.2 Å². The van der Waals surface area contributed by atoms with E-state index in [1.165, 1.54) is 27.7 Å². The highest BCUT2D eigenvalue weighted by molar-refractivity contribution is 5.92. The minimum Gasteiger partial charge on any atom is -0.460 e. The van der Waals surface area contributed by atoms with E-state index < -0.39 is 114 Å². The zero-order valence-corrected chi connectivity index (χ0v) is 32.3. The number of benzene rings is 2. The van der Waals surface area contributed by atoms with Crippen LogP contribution in [0.15, 0.2) is 87.0 Å². The van der Waals surface area contributed by atoms with Crippen molar-refractivity contribution in [2.24, 2.45) is 0 Å². The average Bonchev–Trinajstić information content (AvgIpc) is 3.15. The van der Waals surface area contributed by atoms with Crippen LogP contribution in [0.4, 0.5) is 47.3 Å². The third-order valence-electron chi connectivity index (χ3n) is 8.32. The van der Waals surface area contributed by atoms with Crippen molar-refractivity contribution in [3.05, 3.63) is 109 Å². The SMILES string of the molecule is C=CC(=O)OCC(C)(COC(=O)C=C)NC(=O)Nc1cc(C(c2ccc(C)c(NC(=O)NC(C)(COC(=O)C=C)COC(=O)C=C)c2)(C(F)(F)F)C(F)(F)F)ccc1C. The van der Waals surface area contributed by atoms with Crippen LogP contribution in [-0.4, -0.2) is 85.8 Å². The van der Waals surface area contributed by atoms with Gasteiger partial charge in [-0.2, -0.15) is 26.3 Å². The van der Waals surface area contributed by atoms with Crippen LogP contribution >= 0.6 is 0 Å². The van der Waals surface area contributed by atoms with Gasteiger partial charge >= 0.3 is 48.3 Å². The molecule has 0 spiro atoms. The summed E-state index contributed by atoms with van der Waals surface area (Å²) >= 11 is 0. The Hall–Kier alpha value is -6.60. The zero-order valence-electron chi connectivity index (χ0n) is 32.3. The number of carbonyl (C=O) groups is 6. The standard InChI is InChI=1S/C39H42F6N4O10/c1-9-29(50)56-19-35(7,20-57-30(51)10-2)48-33(54)46-27-17-25(15-13-23(27)5)37(38(40,41)42,39(43,44)45)26-16-14-24(6)28(18-26)47-34(55)49-36(8,21-58-31(52)11-3)22-59-32(53)12-4/h9-18H,1-4,19-22H2,5-8H3,(H2,46,48,54)(H2,47,49,55). The second kappa shape index (κ2) is 19.7. The van der Waals surface area contributed by atoms with E-state index in [-0.39, 0.29) is 11.1 Å². The molecule has 0 saturated carbocycles. The number of esters is 4. The van der Waals surface area contributed by atoms with Gasteiger partial charge in [0.15, 0.2) is 0 Å². The van der Waals surface area contributed by atoms with Gasteiger partial charge in [-0.15, -0.1) is 0 Å². The van der Waals surface area contributed by atoms with Crippen LogP contribution < -0.4 is 21.3 Å². The first kappa shape index (κ1) is 48.5. The number of halogens is 6. The molecule has 0 bridgehead atoms. The predicted octanol–water partition coefficient (Wildman–Crippen LogP) is 6.39. The molecule has 0 aromatic heterocycles. The number of carbonyl (C=O) groups excluding carboxylic acids is 6. The molecular weight excluding hydrogens is 798 g/mol. The van der Waals surface area contributed by atoms with Gasteiger partial charge in [0.1, 0.15) is 37.5 Å². The Morgan fingerprint density at radius 1 is 0.542 bits per heavy atom. The molecule has 4 N–H and O–H groups in total. The first-order valence-electron chi connectivity index (χ1n) is 17.0. The fourth-order valence-corrected chi connectivity index (χ4v) is 5.20. The van der Waals surface area contributed by atoms with Gasteiger partial charge in [-0.05, 0) is 62.1 Å². The quantitative estimate of drug-likeness (QED) is 0.0567. The van der Waals surface area contributed by atoms with Gasteiger partial charge in [0.2, 0.25) is 5.41 Å². The fourth-order valence-electron chi connectivity index (χ4n) is 5.20. The molecule has 0 fully saturated rings. The fraction of sp³-hybridized carbons (Fsp3) is 0.333. The summed E-state index contributed by atoms with van der Waals surface area (Å²) in [5.74, 6) is -3.72. The Balaban J connectivity index is 2.65. The number of rotatable bonds is 18. The van der Waals surface area contributed by atoms with Crippen LogP contribution in [-0.2, 0) is 43.5 Å². The number of hydrogen-bond acceptors (Lipinski definition) is 10. The van der Waals surface area contributed by atoms with Crippen LogP contribution in [0.5, 0.6) is 0 Å². The van der Waals surface area contributed by atoms with Crippen molar-refractivity contribution in [3.8, 4) is 0 Å². The normalized spacial score (nSPS) is 11.8. The summed E-state index contributed by atoms with van der Waals surface area (Å²) in [7, 11) is 0. The summed E-state index contributed by atoms with van der Waals surface area (Å²) in [5, 5.41) is 9.08. The molecule has 0 aliphatic rings. The minimum atomic E-state index is -6.11. The van der Waals surface area contributed by atoms with Gasteiger partial charge in [-0.25, -0.2) is 28.8 Å². The van der Waals surface area contributed by atoms with Crippen molar-refractivity contribution < 1.29 is 74.1 Å². The molecular formula is C39H42F6N4O10. The molecule has 320 valence electrons. The second-order valence-electron chi connectivity index (χ2n) is 13.3. The molecule has 2 rings (SSSR count). The second-order valence-corrected chi connectivity index (χ2v) is 13.3. The van der Waals surface area contributed by atoms with Crippen LogP contribution in [0.3, 0.4) is 0 Å². The Kier molecular flexibility index (Phi) is 16.2. The van der Waals surface area contributed by atoms with E-state index in [1.807, 2.05) is 0 Å². The van der Waals surface area contributed by atoms with Crippen molar-refractivity contribution in [3.63, 3.8) is 0 Å². The third-order valence-corrected chi connectivity index (χ3v) is 8.32. The highest BCUT2D eigenvalue weighted by Gasteiger charge is 2.72. The largest absolute Gasteiger partial charge is 0.460 e.